The smallest absolute Gasteiger partial charge is 0.216 e. The molecule has 2 aromatic rings. The Morgan fingerprint density at radius 3 is 3.00 bits per heavy atom. The summed E-state index contributed by atoms with van der Waals surface area (Å²) in [6, 6.07) is 9.53. The third kappa shape index (κ3) is 3.90. The van der Waals surface area contributed by atoms with Crippen LogP contribution in [0, 0.1) is 0 Å². The van der Waals surface area contributed by atoms with E-state index in [4.69, 9.17) is 4.99 Å². The minimum Gasteiger partial charge on any atom is -0.381 e. The molecule has 6 heteroatoms. The highest BCUT2D eigenvalue weighted by atomic mass is 32.2. The van der Waals surface area contributed by atoms with Crippen molar-refractivity contribution in [3.63, 3.8) is 0 Å². The lowest BCUT2D eigenvalue weighted by atomic mass is 10.2. The fraction of sp³-hybridized carbons (Fsp3) is 0.500. The molecule has 2 aliphatic rings. The number of carbonyl (C=O) groups excluding carboxylic acids is 1. The number of aliphatic imine (C=N–C) groups is 1. The molecule has 26 heavy (non-hydrogen) atoms. The molecule has 1 aromatic carbocycles. The number of rotatable bonds is 6. The van der Waals surface area contributed by atoms with E-state index < -0.39 is 0 Å². The minimum absolute atomic E-state index is 0.0257. The fourth-order valence-electron chi connectivity index (χ4n) is 3.81. The second-order valence-corrected chi connectivity index (χ2v) is 8.26. The largest absolute Gasteiger partial charge is 0.381 e. The first kappa shape index (κ1) is 17.5. The van der Waals surface area contributed by atoms with Gasteiger partial charge in [-0.1, -0.05) is 25.0 Å². The molecule has 0 saturated heterocycles. The van der Waals surface area contributed by atoms with E-state index in [1.807, 2.05) is 0 Å². The van der Waals surface area contributed by atoms with Crippen molar-refractivity contribution in [1.29, 1.82) is 0 Å². The second-order valence-electron chi connectivity index (χ2n) is 7.25. The quantitative estimate of drug-likeness (QED) is 0.722. The summed E-state index contributed by atoms with van der Waals surface area (Å²) in [5.74, 6) is 1.01. The summed E-state index contributed by atoms with van der Waals surface area (Å²) in [7, 11) is 0. The number of nitrogens with one attached hydrogen (secondary N) is 3. The number of H-pyrrole nitrogens is 1. The van der Waals surface area contributed by atoms with Crippen LogP contribution in [0.4, 0.5) is 5.69 Å². The van der Waals surface area contributed by atoms with Crippen molar-refractivity contribution in [2.45, 2.75) is 51.1 Å². The molecule has 1 atom stereocenters. The summed E-state index contributed by atoms with van der Waals surface area (Å²) in [4.78, 5) is 19.4. The van der Waals surface area contributed by atoms with E-state index >= 15 is 0 Å². The van der Waals surface area contributed by atoms with E-state index in [1.54, 1.807) is 18.7 Å². The van der Waals surface area contributed by atoms with Gasteiger partial charge in [0.05, 0.1) is 22.9 Å². The normalized spacial score (nSPS) is 20.5. The molecule has 1 aliphatic carbocycles. The van der Waals surface area contributed by atoms with Crippen LogP contribution in [-0.2, 0) is 4.79 Å². The Hall–Kier alpha value is -1.95. The second kappa shape index (κ2) is 7.74. The lowest BCUT2D eigenvalue weighted by molar-refractivity contribution is -0.118. The predicted molar refractivity (Wildman–Crippen MR) is 110 cm³/mol. The first-order valence-corrected chi connectivity index (χ1v) is 10.5. The molecular weight excluding hydrogens is 344 g/mol. The van der Waals surface area contributed by atoms with Gasteiger partial charge in [0.2, 0.25) is 5.91 Å². The van der Waals surface area contributed by atoms with Crippen LogP contribution in [0.5, 0.6) is 0 Å². The number of fused-ring (bicyclic) bond motifs is 1. The maximum absolute atomic E-state index is 11.0. The van der Waals surface area contributed by atoms with Crippen LogP contribution in [0.15, 0.2) is 29.3 Å². The van der Waals surface area contributed by atoms with Crippen molar-refractivity contribution in [3.05, 3.63) is 30.0 Å². The number of para-hydroxylation sites is 1. The third-order valence-electron chi connectivity index (χ3n) is 5.17. The first-order valence-electron chi connectivity index (χ1n) is 9.53. The highest BCUT2D eigenvalue weighted by Gasteiger charge is 2.21. The molecule has 3 N–H and O–H groups in total. The van der Waals surface area contributed by atoms with E-state index in [2.05, 4.69) is 39.9 Å². The van der Waals surface area contributed by atoms with Crippen molar-refractivity contribution in [2.75, 3.05) is 17.6 Å². The Bertz CT molecular complexity index is 822. The third-order valence-corrected chi connectivity index (χ3v) is 6.32. The Labute approximate surface area is 158 Å². The molecule has 0 spiro atoms. The molecule has 2 heterocycles. The van der Waals surface area contributed by atoms with Gasteiger partial charge in [-0.05, 0) is 31.4 Å². The molecule has 0 bridgehead atoms. The van der Waals surface area contributed by atoms with Gasteiger partial charge in [0.15, 0.2) is 0 Å². The van der Waals surface area contributed by atoms with Crippen molar-refractivity contribution >= 4 is 39.3 Å². The van der Waals surface area contributed by atoms with E-state index in [9.17, 15) is 4.79 Å². The van der Waals surface area contributed by atoms with Gasteiger partial charge < -0.3 is 15.6 Å². The van der Waals surface area contributed by atoms with E-state index in [-0.39, 0.29) is 11.9 Å². The molecular formula is C20H26N4OS. The number of carbonyl (C=O) groups is 1. The van der Waals surface area contributed by atoms with E-state index in [0.717, 1.165) is 22.9 Å². The Morgan fingerprint density at radius 2 is 2.19 bits per heavy atom. The molecule has 1 saturated carbocycles. The van der Waals surface area contributed by atoms with Crippen LogP contribution in [0.2, 0.25) is 0 Å². The van der Waals surface area contributed by atoms with E-state index in [0.29, 0.717) is 12.6 Å². The number of thioether (sulfide) groups is 1. The average molecular weight is 371 g/mol. The van der Waals surface area contributed by atoms with Gasteiger partial charge in [-0.15, -0.1) is 11.8 Å². The highest BCUT2D eigenvalue weighted by Crippen LogP contribution is 2.31. The number of aromatic nitrogens is 1. The van der Waals surface area contributed by atoms with Gasteiger partial charge in [0, 0.05) is 30.6 Å². The van der Waals surface area contributed by atoms with Crippen molar-refractivity contribution in [1.82, 2.24) is 10.3 Å². The van der Waals surface area contributed by atoms with Gasteiger partial charge in [-0.3, -0.25) is 9.79 Å². The van der Waals surface area contributed by atoms with Crippen LogP contribution in [-0.4, -0.2) is 40.3 Å². The van der Waals surface area contributed by atoms with Crippen LogP contribution >= 0.6 is 11.8 Å². The lowest BCUT2D eigenvalue weighted by Crippen LogP contribution is -2.24. The topological polar surface area (TPSA) is 69.3 Å². The molecule has 1 aliphatic heterocycles. The highest BCUT2D eigenvalue weighted by molar-refractivity contribution is 8.14. The fourth-order valence-corrected chi connectivity index (χ4v) is 4.89. The lowest BCUT2D eigenvalue weighted by Gasteiger charge is -2.14. The minimum atomic E-state index is 0.0257. The summed E-state index contributed by atoms with van der Waals surface area (Å²) in [6.45, 7) is 2.25. The molecule has 4 rings (SSSR count). The molecule has 0 unspecified atom stereocenters. The average Bonchev–Trinajstić information content (AvgIpc) is 3.35. The standard InChI is InChI=1S/C20H26N4OS/c1-13(25)21-10-9-16-12-26-20(23-16)18-11-14-5-4-8-17(19(14)24-18)22-15-6-2-3-7-15/h4-5,8,11,15-16,22,24H,2-3,6-7,9-10,12H2,1H3,(H,21,25)/t16-/m1/s1. The number of amides is 1. The zero-order chi connectivity index (χ0) is 17.9. The zero-order valence-corrected chi connectivity index (χ0v) is 16.0. The summed E-state index contributed by atoms with van der Waals surface area (Å²) in [5, 5.41) is 8.89. The van der Waals surface area contributed by atoms with Gasteiger partial charge in [-0.25, -0.2) is 0 Å². The molecule has 138 valence electrons. The van der Waals surface area contributed by atoms with Crippen LogP contribution in [0.25, 0.3) is 10.9 Å². The summed E-state index contributed by atoms with van der Waals surface area (Å²) in [5.41, 5.74) is 3.48. The SMILES string of the molecule is CC(=O)NCC[C@@H]1CSC(c2cc3cccc(NC4CCCC4)c3[nH]2)=N1. The van der Waals surface area contributed by atoms with Gasteiger partial charge >= 0.3 is 0 Å². The maximum Gasteiger partial charge on any atom is 0.216 e. The van der Waals surface area contributed by atoms with Gasteiger partial charge in [-0.2, -0.15) is 0 Å². The number of hydrogen-bond acceptors (Lipinski definition) is 4. The van der Waals surface area contributed by atoms with E-state index in [1.165, 1.54) is 42.3 Å². The zero-order valence-electron chi connectivity index (χ0n) is 15.2. The van der Waals surface area contributed by atoms with Crippen molar-refractivity contribution in [3.8, 4) is 0 Å². The number of benzene rings is 1. The number of anilines is 1. The predicted octanol–water partition coefficient (Wildman–Crippen LogP) is 3.91. The first-order chi connectivity index (χ1) is 12.7. The maximum atomic E-state index is 11.0. The Kier molecular flexibility index (Phi) is 5.20. The molecule has 1 fully saturated rings. The Balaban J connectivity index is 1.49. The number of aromatic amines is 1. The molecule has 1 amide bonds. The monoisotopic (exact) mass is 370 g/mol. The molecule has 0 radical (unpaired) electrons. The number of hydrogen-bond donors (Lipinski definition) is 3. The van der Waals surface area contributed by atoms with Crippen molar-refractivity contribution < 1.29 is 4.79 Å². The summed E-state index contributed by atoms with van der Waals surface area (Å²) < 4.78 is 0. The molecule has 5 nitrogen and oxygen atoms in total. The van der Waals surface area contributed by atoms with Crippen molar-refractivity contribution in [2.24, 2.45) is 4.99 Å². The Morgan fingerprint density at radius 1 is 1.35 bits per heavy atom. The van der Waals surface area contributed by atoms with Gasteiger partial charge in [0.1, 0.15) is 5.04 Å². The van der Waals surface area contributed by atoms with Crippen LogP contribution < -0.4 is 10.6 Å². The molecule has 1 aromatic heterocycles. The van der Waals surface area contributed by atoms with Gasteiger partial charge in [0.25, 0.3) is 0 Å². The van der Waals surface area contributed by atoms with Crippen LogP contribution in [0.1, 0.15) is 44.7 Å². The van der Waals surface area contributed by atoms with Crippen LogP contribution in [0.3, 0.4) is 0 Å². The summed E-state index contributed by atoms with van der Waals surface area (Å²) in [6.07, 6.45) is 6.09. The number of nitrogens with zero attached hydrogens (tertiary/aromatic N) is 1. The summed E-state index contributed by atoms with van der Waals surface area (Å²) >= 11 is 1.80.